The van der Waals surface area contributed by atoms with Gasteiger partial charge >= 0.3 is 5.69 Å². The molecule has 35 heavy (non-hydrogen) atoms. The van der Waals surface area contributed by atoms with E-state index >= 15 is 0 Å². The van der Waals surface area contributed by atoms with Gasteiger partial charge < -0.3 is 9.80 Å². The lowest BCUT2D eigenvalue weighted by molar-refractivity contribution is -0.136. The zero-order valence-corrected chi connectivity index (χ0v) is 20.1. The molecule has 3 aromatic rings. The number of hydrogen-bond acceptors (Lipinski definition) is 4. The number of rotatable bonds is 4. The summed E-state index contributed by atoms with van der Waals surface area (Å²) >= 11 is 6.12. The lowest BCUT2D eigenvalue weighted by atomic mass is 10.1. The summed E-state index contributed by atoms with van der Waals surface area (Å²) in [5, 5.41) is 0.789. The highest BCUT2D eigenvalue weighted by Gasteiger charge is 2.30. The van der Waals surface area contributed by atoms with Crippen LogP contribution in [0.25, 0.3) is 10.9 Å². The molecular formula is C26H27ClN4O4. The van der Waals surface area contributed by atoms with Crippen molar-refractivity contribution < 1.29 is 9.59 Å². The SMILES string of the molecule is O=C(c1cccc(Cn2c(=O)[nH]c(=O)c3ccc(Cl)cc32)c1)N1CCN(C(=O)C2CCCC2)CC1. The molecule has 2 heterocycles. The van der Waals surface area contributed by atoms with E-state index in [1.165, 1.54) is 4.57 Å². The quantitative estimate of drug-likeness (QED) is 0.603. The van der Waals surface area contributed by atoms with Crippen LogP contribution in [0.2, 0.25) is 5.02 Å². The van der Waals surface area contributed by atoms with Crippen molar-refractivity contribution in [3.8, 4) is 0 Å². The van der Waals surface area contributed by atoms with E-state index in [9.17, 15) is 19.2 Å². The molecule has 1 saturated carbocycles. The molecule has 2 amide bonds. The van der Waals surface area contributed by atoms with Gasteiger partial charge in [0.15, 0.2) is 0 Å². The van der Waals surface area contributed by atoms with Gasteiger partial charge in [-0.2, -0.15) is 0 Å². The lowest BCUT2D eigenvalue weighted by Crippen LogP contribution is -2.51. The van der Waals surface area contributed by atoms with E-state index in [0.717, 1.165) is 31.2 Å². The molecule has 2 aromatic carbocycles. The molecule has 0 unspecified atom stereocenters. The van der Waals surface area contributed by atoms with Crippen molar-refractivity contribution in [2.75, 3.05) is 26.2 Å². The number of aromatic nitrogens is 2. The first-order chi connectivity index (χ1) is 16.9. The lowest BCUT2D eigenvalue weighted by Gasteiger charge is -2.36. The summed E-state index contributed by atoms with van der Waals surface area (Å²) in [7, 11) is 0. The van der Waals surface area contributed by atoms with Crippen LogP contribution in [0.4, 0.5) is 0 Å². The number of benzene rings is 2. The maximum absolute atomic E-state index is 13.2. The Balaban J connectivity index is 1.32. The Bertz CT molecular complexity index is 1400. The first-order valence-corrected chi connectivity index (χ1v) is 12.4. The monoisotopic (exact) mass is 494 g/mol. The highest BCUT2D eigenvalue weighted by atomic mass is 35.5. The summed E-state index contributed by atoms with van der Waals surface area (Å²) in [5.41, 5.74) is 0.710. The van der Waals surface area contributed by atoms with Gasteiger partial charge in [-0.15, -0.1) is 0 Å². The number of carbonyl (C=O) groups excluding carboxylic acids is 2. The molecule has 1 aliphatic carbocycles. The first kappa shape index (κ1) is 23.4. The highest BCUT2D eigenvalue weighted by molar-refractivity contribution is 6.31. The number of hydrogen-bond donors (Lipinski definition) is 1. The molecule has 2 fully saturated rings. The normalized spacial score (nSPS) is 16.7. The average molecular weight is 495 g/mol. The number of fused-ring (bicyclic) bond motifs is 1. The average Bonchev–Trinajstić information content (AvgIpc) is 3.41. The Hall–Kier alpha value is -3.39. The van der Waals surface area contributed by atoms with Gasteiger partial charge in [-0.25, -0.2) is 4.79 Å². The maximum atomic E-state index is 13.2. The summed E-state index contributed by atoms with van der Waals surface area (Å²) in [4.78, 5) is 56.7. The van der Waals surface area contributed by atoms with Gasteiger partial charge in [0.25, 0.3) is 11.5 Å². The largest absolute Gasteiger partial charge is 0.339 e. The Kier molecular flexibility index (Phi) is 6.47. The number of carbonyl (C=O) groups is 2. The van der Waals surface area contributed by atoms with E-state index in [1.54, 1.807) is 41.3 Å². The van der Waals surface area contributed by atoms with Crippen molar-refractivity contribution in [3.05, 3.63) is 79.5 Å². The Morgan fingerprint density at radius 2 is 1.66 bits per heavy atom. The van der Waals surface area contributed by atoms with E-state index in [0.29, 0.717) is 47.7 Å². The standard InChI is InChI=1S/C26H27ClN4O4/c27-20-8-9-21-22(15-20)31(26(35)28-23(21)32)16-17-4-3-7-19(14-17)25(34)30-12-10-29(11-13-30)24(33)18-5-1-2-6-18/h3-4,7-9,14-15,18H,1-2,5-6,10-13,16H2,(H,28,32,35). The van der Waals surface area contributed by atoms with Crippen LogP contribution >= 0.6 is 11.6 Å². The fourth-order valence-electron chi connectivity index (χ4n) is 5.15. The minimum atomic E-state index is -0.537. The van der Waals surface area contributed by atoms with Crippen molar-refractivity contribution in [1.29, 1.82) is 0 Å². The number of nitrogens with one attached hydrogen (secondary N) is 1. The number of H-pyrrole nitrogens is 1. The van der Waals surface area contributed by atoms with E-state index in [2.05, 4.69) is 4.98 Å². The molecule has 8 nitrogen and oxygen atoms in total. The molecule has 1 aromatic heterocycles. The zero-order valence-electron chi connectivity index (χ0n) is 19.3. The Morgan fingerprint density at radius 3 is 2.40 bits per heavy atom. The second kappa shape index (κ2) is 9.70. The fraction of sp³-hybridized carbons (Fsp3) is 0.385. The molecule has 0 atom stereocenters. The van der Waals surface area contributed by atoms with Crippen LogP contribution < -0.4 is 11.2 Å². The number of piperazine rings is 1. The van der Waals surface area contributed by atoms with Gasteiger partial charge in [0.1, 0.15) is 0 Å². The van der Waals surface area contributed by atoms with E-state index in [1.807, 2.05) is 11.0 Å². The second-order valence-electron chi connectivity index (χ2n) is 9.31. The van der Waals surface area contributed by atoms with Crippen molar-refractivity contribution in [1.82, 2.24) is 19.4 Å². The van der Waals surface area contributed by atoms with E-state index in [4.69, 9.17) is 11.6 Å². The minimum Gasteiger partial charge on any atom is -0.339 e. The molecule has 182 valence electrons. The van der Waals surface area contributed by atoms with Crippen molar-refractivity contribution in [3.63, 3.8) is 0 Å². The molecule has 1 N–H and O–H groups in total. The smallest absolute Gasteiger partial charge is 0.329 e. The third kappa shape index (κ3) is 4.75. The van der Waals surface area contributed by atoms with E-state index in [-0.39, 0.29) is 24.3 Å². The molecule has 5 rings (SSSR count). The minimum absolute atomic E-state index is 0.0958. The van der Waals surface area contributed by atoms with Crippen LogP contribution in [0.5, 0.6) is 0 Å². The number of halogens is 1. The van der Waals surface area contributed by atoms with Crippen LogP contribution in [-0.4, -0.2) is 57.3 Å². The van der Waals surface area contributed by atoms with Gasteiger partial charge in [0.05, 0.1) is 17.4 Å². The molecule has 0 bridgehead atoms. The van der Waals surface area contributed by atoms with Crippen LogP contribution in [0, 0.1) is 5.92 Å². The number of aromatic amines is 1. The number of amides is 2. The topological polar surface area (TPSA) is 95.5 Å². The van der Waals surface area contributed by atoms with Gasteiger partial charge in [0.2, 0.25) is 5.91 Å². The van der Waals surface area contributed by atoms with Crippen LogP contribution in [-0.2, 0) is 11.3 Å². The summed E-state index contributed by atoms with van der Waals surface area (Å²) in [6, 6.07) is 11.9. The van der Waals surface area contributed by atoms with Crippen molar-refractivity contribution >= 4 is 34.3 Å². The summed E-state index contributed by atoms with van der Waals surface area (Å²) in [6.45, 7) is 2.30. The maximum Gasteiger partial charge on any atom is 0.329 e. The van der Waals surface area contributed by atoms with Crippen molar-refractivity contribution in [2.24, 2.45) is 5.92 Å². The molecule has 0 radical (unpaired) electrons. The molecule has 1 aliphatic heterocycles. The van der Waals surface area contributed by atoms with Crippen LogP contribution in [0.1, 0.15) is 41.6 Å². The molecule has 0 spiro atoms. The van der Waals surface area contributed by atoms with Crippen LogP contribution in [0.15, 0.2) is 52.1 Å². The predicted octanol–water partition coefficient (Wildman–Crippen LogP) is 2.87. The third-order valence-corrected chi connectivity index (χ3v) is 7.29. The summed E-state index contributed by atoms with van der Waals surface area (Å²) in [5.74, 6) is 0.285. The Labute approximate surface area is 207 Å². The van der Waals surface area contributed by atoms with Gasteiger partial charge in [0, 0.05) is 42.7 Å². The molecule has 1 saturated heterocycles. The summed E-state index contributed by atoms with van der Waals surface area (Å²) < 4.78 is 1.44. The Morgan fingerprint density at radius 1 is 0.943 bits per heavy atom. The van der Waals surface area contributed by atoms with Gasteiger partial charge in [-0.1, -0.05) is 36.6 Å². The zero-order chi connectivity index (χ0) is 24.5. The van der Waals surface area contributed by atoms with Gasteiger partial charge in [-0.3, -0.25) is 23.9 Å². The fourth-order valence-corrected chi connectivity index (χ4v) is 5.31. The van der Waals surface area contributed by atoms with Crippen molar-refractivity contribution in [2.45, 2.75) is 32.2 Å². The van der Waals surface area contributed by atoms with Gasteiger partial charge in [-0.05, 0) is 48.7 Å². The highest BCUT2D eigenvalue weighted by Crippen LogP contribution is 2.27. The van der Waals surface area contributed by atoms with E-state index < -0.39 is 11.2 Å². The molecular weight excluding hydrogens is 468 g/mol. The summed E-state index contributed by atoms with van der Waals surface area (Å²) in [6.07, 6.45) is 4.20. The molecule has 9 heteroatoms. The second-order valence-corrected chi connectivity index (χ2v) is 9.74. The first-order valence-electron chi connectivity index (χ1n) is 12.0. The van der Waals surface area contributed by atoms with Crippen LogP contribution in [0.3, 0.4) is 0 Å². The third-order valence-electron chi connectivity index (χ3n) is 7.06. The predicted molar refractivity (Wildman–Crippen MR) is 134 cm³/mol. The number of nitrogens with zero attached hydrogens (tertiary/aromatic N) is 3. The molecule has 2 aliphatic rings.